The maximum absolute atomic E-state index is 13.6. The van der Waals surface area contributed by atoms with Gasteiger partial charge < -0.3 is 14.5 Å². The molecule has 4 rings (SSSR count). The highest BCUT2D eigenvalue weighted by Crippen LogP contribution is 2.34. The van der Waals surface area contributed by atoms with Crippen LogP contribution in [0.1, 0.15) is 52.7 Å². The lowest BCUT2D eigenvalue weighted by atomic mass is 10.00. The highest BCUT2D eigenvalue weighted by Gasteiger charge is 2.34. The molecule has 2 heterocycles. The zero-order valence-electron chi connectivity index (χ0n) is 20.4. The first kappa shape index (κ1) is 24.9. The lowest BCUT2D eigenvalue weighted by molar-refractivity contribution is -0.136. The minimum absolute atomic E-state index is 0.00817. The molecule has 2 atom stereocenters. The van der Waals surface area contributed by atoms with Gasteiger partial charge in [0.05, 0.1) is 6.04 Å². The number of benzene rings is 2. The van der Waals surface area contributed by atoms with Gasteiger partial charge in [0.15, 0.2) is 0 Å². The highest BCUT2D eigenvalue weighted by molar-refractivity contribution is 7.10. The molecule has 0 bridgehead atoms. The first-order chi connectivity index (χ1) is 16.9. The molecule has 0 spiro atoms. The minimum atomic E-state index is -0.324. The molecule has 0 saturated carbocycles. The van der Waals surface area contributed by atoms with E-state index in [1.54, 1.807) is 28.4 Å². The molecule has 0 radical (unpaired) electrons. The molecule has 7 heteroatoms. The van der Waals surface area contributed by atoms with Crippen molar-refractivity contribution in [2.45, 2.75) is 45.7 Å². The topological polar surface area (TPSA) is 49.9 Å². The number of nitrogens with zero attached hydrogens (tertiary/aromatic N) is 2. The second-order valence-electron chi connectivity index (χ2n) is 8.97. The Bertz CT molecular complexity index is 1160. The van der Waals surface area contributed by atoms with E-state index in [-0.39, 0.29) is 42.9 Å². The Morgan fingerprint density at radius 3 is 2.54 bits per heavy atom. The Morgan fingerprint density at radius 2 is 1.86 bits per heavy atom. The van der Waals surface area contributed by atoms with E-state index in [4.69, 9.17) is 4.74 Å². The first-order valence-corrected chi connectivity index (χ1v) is 12.9. The van der Waals surface area contributed by atoms with Crippen LogP contribution in [0.3, 0.4) is 0 Å². The average molecular weight is 495 g/mol. The molecular formula is C28H31FN2O3S. The number of ether oxygens (including phenoxy) is 1. The average Bonchev–Trinajstić information content (AvgIpc) is 3.35. The van der Waals surface area contributed by atoms with Gasteiger partial charge in [-0.25, -0.2) is 4.39 Å². The number of carbonyl (C=O) groups is 2. The number of rotatable bonds is 8. The summed E-state index contributed by atoms with van der Waals surface area (Å²) in [6, 6.07) is 15.0. The number of thiophene rings is 1. The fourth-order valence-corrected chi connectivity index (χ4v) is 5.26. The molecule has 0 unspecified atom stereocenters. The standard InChI is InChI=1S/C28H31FN2O3S/c1-4-20(3)31(28(33)21-7-5-19(2)6-8-21)17-27(32)30-15-13-26-24(14-16-35-26)25(30)18-34-23-11-9-22(29)10-12-23/h5-12,14,16,20,25H,4,13,15,17-18H2,1-3H3/t20-,25+/m1/s1. The summed E-state index contributed by atoms with van der Waals surface area (Å²) < 4.78 is 19.3. The quantitative estimate of drug-likeness (QED) is 0.407. The normalized spacial score (nSPS) is 15.9. The molecular weight excluding hydrogens is 463 g/mol. The lowest BCUT2D eigenvalue weighted by Gasteiger charge is -2.38. The molecule has 2 amide bonds. The Labute approximate surface area is 210 Å². The monoisotopic (exact) mass is 494 g/mol. The van der Waals surface area contributed by atoms with Crippen molar-refractivity contribution in [3.63, 3.8) is 0 Å². The number of aryl methyl sites for hydroxylation is 1. The molecule has 0 aliphatic carbocycles. The smallest absolute Gasteiger partial charge is 0.254 e. The Balaban J connectivity index is 1.54. The molecule has 184 valence electrons. The van der Waals surface area contributed by atoms with Crippen LogP contribution in [0, 0.1) is 12.7 Å². The molecule has 0 N–H and O–H groups in total. The zero-order valence-corrected chi connectivity index (χ0v) is 21.2. The number of carbonyl (C=O) groups excluding carboxylic acids is 2. The van der Waals surface area contributed by atoms with E-state index < -0.39 is 0 Å². The maximum Gasteiger partial charge on any atom is 0.254 e. The second kappa shape index (κ2) is 11.0. The minimum Gasteiger partial charge on any atom is -0.491 e. The largest absolute Gasteiger partial charge is 0.491 e. The molecule has 1 aliphatic rings. The van der Waals surface area contributed by atoms with Crippen LogP contribution < -0.4 is 4.74 Å². The third kappa shape index (κ3) is 5.73. The molecule has 1 aromatic heterocycles. The first-order valence-electron chi connectivity index (χ1n) is 12.0. The van der Waals surface area contributed by atoms with Gasteiger partial charge in [-0.2, -0.15) is 0 Å². The van der Waals surface area contributed by atoms with Crippen molar-refractivity contribution in [2.75, 3.05) is 19.7 Å². The van der Waals surface area contributed by atoms with Gasteiger partial charge in [-0.15, -0.1) is 11.3 Å². The summed E-state index contributed by atoms with van der Waals surface area (Å²) in [4.78, 5) is 31.8. The fraction of sp³-hybridized carbons (Fsp3) is 0.357. The van der Waals surface area contributed by atoms with E-state index in [1.807, 2.05) is 61.4 Å². The molecule has 0 saturated heterocycles. The summed E-state index contributed by atoms with van der Waals surface area (Å²) in [5, 5.41) is 2.04. The molecule has 5 nitrogen and oxygen atoms in total. The predicted molar refractivity (Wildman–Crippen MR) is 136 cm³/mol. The fourth-order valence-electron chi connectivity index (χ4n) is 4.33. The van der Waals surface area contributed by atoms with E-state index in [9.17, 15) is 14.0 Å². The maximum atomic E-state index is 13.6. The third-order valence-electron chi connectivity index (χ3n) is 6.62. The summed E-state index contributed by atoms with van der Waals surface area (Å²) in [6.45, 7) is 6.80. The lowest BCUT2D eigenvalue weighted by Crippen LogP contribution is -2.49. The highest BCUT2D eigenvalue weighted by atomic mass is 32.1. The molecule has 2 aromatic carbocycles. The van der Waals surface area contributed by atoms with E-state index in [1.165, 1.54) is 17.0 Å². The van der Waals surface area contributed by atoms with E-state index in [0.29, 0.717) is 17.9 Å². The van der Waals surface area contributed by atoms with Crippen molar-refractivity contribution >= 4 is 23.2 Å². The summed E-state index contributed by atoms with van der Waals surface area (Å²) in [6.07, 6.45) is 1.53. The number of amides is 2. The van der Waals surface area contributed by atoms with Crippen LogP contribution >= 0.6 is 11.3 Å². The summed E-state index contributed by atoms with van der Waals surface area (Å²) in [5.41, 5.74) is 2.74. The third-order valence-corrected chi connectivity index (χ3v) is 7.62. The van der Waals surface area contributed by atoms with Crippen molar-refractivity contribution in [1.82, 2.24) is 9.80 Å². The summed E-state index contributed by atoms with van der Waals surface area (Å²) in [5.74, 6) is -0.0115. The van der Waals surface area contributed by atoms with Crippen LogP contribution in [-0.4, -0.2) is 47.4 Å². The number of fused-ring (bicyclic) bond motifs is 1. The van der Waals surface area contributed by atoms with Gasteiger partial charge in [-0.3, -0.25) is 9.59 Å². The van der Waals surface area contributed by atoms with Gasteiger partial charge in [0.1, 0.15) is 24.7 Å². The predicted octanol–water partition coefficient (Wildman–Crippen LogP) is 5.64. The van der Waals surface area contributed by atoms with Crippen LogP contribution in [0.2, 0.25) is 0 Å². The number of hydrogen-bond acceptors (Lipinski definition) is 4. The van der Waals surface area contributed by atoms with Crippen molar-refractivity contribution in [3.05, 3.63) is 87.4 Å². The van der Waals surface area contributed by atoms with Gasteiger partial charge in [0, 0.05) is 23.0 Å². The van der Waals surface area contributed by atoms with Crippen LogP contribution in [0.15, 0.2) is 60.0 Å². The van der Waals surface area contributed by atoms with Crippen molar-refractivity contribution in [3.8, 4) is 5.75 Å². The van der Waals surface area contributed by atoms with Gasteiger partial charge in [-0.1, -0.05) is 24.6 Å². The van der Waals surface area contributed by atoms with Crippen LogP contribution in [-0.2, 0) is 11.2 Å². The summed E-state index contributed by atoms with van der Waals surface area (Å²) >= 11 is 1.68. The number of halogens is 1. The Morgan fingerprint density at radius 1 is 1.14 bits per heavy atom. The molecule has 1 aliphatic heterocycles. The van der Waals surface area contributed by atoms with Crippen LogP contribution in [0.5, 0.6) is 5.75 Å². The van der Waals surface area contributed by atoms with Gasteiger partial charge in [-0.05, 0) is 80.1 Å². The molecule has 0 fully saturated rings. The molecule has 35 heavy (non-hydrogen) atoms. The number of hydrogen-bond donors (Lipinski definition) is 0. The van der Waals surface area contributed by atoms with E-state index in [2.05, 4.69) is 0 Å². The van der Waals surface area contributed by atoms with Crippen molar-refractivity contribution in [2.24, 2.45) is 0 Å². The van der Waals surface area contributed by atoms with E-state index >= 15 is 0 Å². The van der Waals surface area contributed by atoms with Crippen LogP contribution in [0.25, 0.3) is 0 Å². The van der Waals surface area contributed by atoms with Gasteiger partial charge in [0.25, 0.3) is 5.91 Å². The van der Waals surface area contributed by atoms with Crippen LogP contribution in [0.4, 0.5) is 4.39 Å². The molecule has 3 aromatic rings. The van der Waals surface area contributed by atoms with Gasteiger partial charge in [0.2, 0.25) is 5.91 Å². The Hall–Kier alpha value is -3.19. The second-order valence-corrected chi connectivity index (χ2v) is 9.97. The zero-order chi connectivity index (χ0) is 24.9. The summed E-state index contributed by atoms with van der Waals surface area (Å²) in [7, 11) is 0. The van der Waals surface area contributed by atoms with Gasteiger partial charge >= 0.3 is 0 Å². The van der Waals surface area contributed by atoms with Crippen molar-refractivity contribution in [1.29, 1.82) is 0 Å². The van der Waals surface area contributed by atoms with E-state index in [0.717, 1.165) is 24.0 Å². The van der Waals surface area contributed by atoms with Crippen molar-refractivity contribution < 1.29 is 18.7 Å². The SMILES string of the molecule is CC[C@@H](C)N(CC(=O)N1CCc2sccc2[C@@H]1COc1ccc(F)cc1)C(=O)c1ccc(C)cc1. The Kier molecular flexibility index (Phi) is 7.86.